The number of fused-ring (bicyclic) bond motifs is 3. The lowest BCUT2D eigenvalue weighted by atomic mass is 9.82. The third-order valence-corrected chi connectivity index (χ3v) is 9.80. The normalized spacial score (nSPS) is 12.8. The van der Waals surface area contributed by atoms with E-state index in [2.05, 4.69) is 64.9 Å². The first-order chi connectivity index (χ1) is 26.6. The molecule has 0 heterocycles. The Morgan fingerprint density at radius 1 is 0.600 bits per heavy atom. The van der Waals surface area contributed by atoms with Gasteiger partial charge in [0.05, 0.1) is 6.57 Å². The second kappa shape index (κ2) is 14.7. The minimum absolute atomic E-state index is 0.331. The van der Waals surface area contributed by atoms with Crippen molar-refractivity contribution in [1.82, 2.24) is 0 Å². The number of benzene rings is 6. The van der Waals surface area contributed by atoms with Crippen LogP contribution in [0.25, 0.3) is 28.1 Å². The van der Waals surface area contributed by atoms with Crippen LogP contribution < -0.4 is 9.80 Å². The van der Waals surface area contributed by atoms with Crippen molar-refractivity contribution in [2.45, 2.75) is 19.3 Å². The second-order valence-corrected chi connectivity index (χ2v) is 13.5. The molecule has 6 aromatic rings. The molecule has 0 atom stereocenters. The standard InChI is InChI=1S/C47H34N4O4/c1-47(2)42-28-38(50(34-10-6-4-7-11-34)36-18-14-31(15-19-36)26-33(30-48)45(52)53)22-24-40(42)41-25-23-39(29-43(41)47)51(35-12-8-5-9-13-35)37-20-16-32(17-21-37)27-44(49-3)46(54)55/h4-29H,1-2H3,(H,52,53)(H,54,55)/b33-26+,44-27-. The van der Waals surface area contributed by atoms with Crippen LogP contribution >= 0.6 is 0 Å². The Kier molecular flexibility index (Phi) is 9.58. The van der Waals surface area contributed by atoms with Gasteiger partial charge >= 0.3 is 11.9 Å². The van der Waals surface area contributed by atoms with E-state index >= 15 is 0 Å². The Bertz CT molecular complexity index is 2400. The average molecular weight is 719 g/mol. The van der Waals surface area contributed by atoms with Crippen molar-refractivity contribution in [1.29, 1.82) is 5.26 Å². The number of carboxylic acid groups (broad SMARTS) is 2. The summed E-state index contributed by atoms with van der Waals surface area (Å²) < 4.78 is 0. The van der Waals surface area contributed by atoms with Crippen molar-refractivity contribution in [3.63, 3.8) is 0 Å². The number of anilines is 6. The first-order valence-electron chi connectivity index (χ1n) is 17.5. The number of rotatable bonds is 10. The van der Waals surface area contributed by atoms with Gasteiger partial charge in [0.15, 0.2) is 0 Å². The SMILES string of the molecule is [C-]#[N+]/C(=C\c1ccc(N(c2ccccc2)c2ccc3c(c2)C(C)(C)c2cc(N(c4ccccc4)c4ccc(/C=C(\C#N)C(=O)O)cc4)ccc2-3)cc1)C(=O)O. The number of hydrogen-bond acceptors (Lipinski definition) is 5. The summed E-state index contributed by atoms with van der Waals surface area (Å²) in [4.78, 5) is 30.3. The lowest BCUT2D eigenvalue weighted by Gasteiger charge is -2.29. The smallest absolute Gasteiger partial charge is 0.346 e. The van der Waals surface area contributed by atoms with Crippen LogP contribution in [0.3, 0.4) is 0 Å². The maximum Gasteiger partial charge on any atom is 0.346 e. The quantitative estimate of drug-likeness (QED) is 0.0824. The first-order valence-corrected chi connectivity index (χ1v) is 17.5. The van der Waals surface area contributed by atoms with Crippen molar-refractivity contribution >= 4 is 58.2 Å². The van der Waals surface area contributed by atoms with E-state index in [4.69, 9.17) is 6.57 Å². The Morgan fingerprint density at radius 3 is 1.38 bits per heavy atom. The lowest BCUT2D eigenvalue weighted by molar-refractivity contribution is -0.133. The monoisotopic (exact) mass is 718 g/mol. The van der Waals surface area contributed by atoms with Gasteiger partial charge in [-0.3, -0.25) is 4.79 Å². The lowest BCUT2D eigenvalue weighted by Crippen LogP contribution is -2.17. The molecule has 0 saturated heterocycles. The third kappa shape index (κ3) is 6.96. The highest BCUT2D eigenvalue weighted by Gasteiger charge is 2.37. The van der Waals surface area contributed by atoms with Gasteiger partial charge in [0.1, 0.15) is 11.6 Å². The Balaban J connectivity index is 1.28. The van der Waals surface area contributed by atoms with E-state index < -0.39 is 11.9 Å². The molecule has 0 fully saturated rings. The minimum Gasteiger partial charge on any atom is -0.486 e. The van der Waals surface area contributed by atoms with E-state index in [1.807, 2.05) is 109 Å². The molecular formula is C47H34N4O4. The van der Waals surface area contributed by atoms with Gasteiger partial charge in [-0.1, -0.05) is 86.6 Å². The average Bonchev–Trinajstić information content (AvgIpc) is 3.42. The molecular weight excluding hydrogens is 685 g/mol. The Morgan fingerprint density at radius 2 is 1.00 bits per heavy atom. The minimum atomic E-state index is -1.27. The summed E-state index contributed by atoms with van der Waals surface area (Å²) in [5.74, 6) is -2.53. The van der Waals surface area contributed by atoms with Crippen LogP contribution in [0.5, 0.6) is 0 Å². The molecule has 0 bridgehead atoms. The number of para-hydroxylation sites is 2. The fourth-order valence-corrected chi connectivity index (χ4v) is 7.09. The van der Waals surface area contributed by atoms with Gasteiger partial charge in [-0.25, -0.2) is 9.64 Å². The summed E-state index contributed by atoms with van der Waals surface area (Å²) in [7, 11) is 0. The highest BCUT2D eigenvalue weighted by atomic mass is 16.4. The summed E-state index contributed by atoms with van der Waals surface area (Å²) in [6.45, 7) is 11.7. The predicted octanol–water partition coefficient (Wildman–Crippen LogP) is 11.3. The van der Waals surface area contributed by atoms with Crippen LogP contribution in [0.15, 0.2) is 157 Å². The number of nitriles is 1. The zero-order chi connectivity index (χ0) is 38.7. The maximum atomic E-state index is 11.4. The van der Waals surface area contributed by atoms with E-state index in [9.17, 15) is 25.1 Å². The topological polar surface area (TPSA) is 109 Å². The van der Waals surface area contributed by atoms with Gasteiger partial charge in [-0.2, -0.15) is 5.26 Å². The van der Waals surface area contributed by atoms with Crippen molar-refractivity contribution in [3.05, 3.63) is 191 Å². The van der Waals surface area contributed by atoms with E-state index in [1.54, 1.807) is 6.07 Å². The predicted molar refractivity (Wildman–Crippen MR) is 217 cm³/mol. The van der Waals surface area contributed by atoms with Crippen molar-refractivity contribution in [2.24, 2.45) is 0 Å². The van der Waals surface area contributed by atoms with Crippen molar-refractivity contribution in [2.75, 3.05) is 9.80 Å². The van der Waals surface area contributed by atoms with Crippen LogP contribution in [0.1, 0.15) is 36.1 Å². The Hall–Kier alpha value is -7.68. The highest BCUT2D eigenvalue weighted by molar-refractivity contribution is 5.97. The fourth-order valence-electron chi connectivity index (χ4n) is 7.09. The summed E-state index contributed by atoms with van der Waals surface area (Å²) in [6, 6.07) is 49.8. The van der Waals surface area contributed by atoms with Crippen LogP contribution in [0.2, 0.25) is 0 Å². The molecule has 8 heteroatoms. The molecule has 0 aliphatic heterocycles. The maximum absolute atomic E-state index is 11.4. The molecule has 0 saturated carbocycles. The molecule has 266 valence electrons. The van der Waals surface area contributed by atoms with E-state index in [0.29, 0.717) is 11.1 Å². The van der Waals surface area contributed by atoms with Crippen LogP contribution in [-0.4, -0.2) is 22.2 Å². The molecule has 7 rings (SSSR count). The third-order valence-electron chi connectivity index (χ3n) is 9.80. The fraction of sp³-hybridized carbons (Fsp3) is 0.0638. The summed E-state index contributed by atoms with van der Waals surface area (Å²) >= 11 is 0. The van der Waals surface area contributed by atoms with E-state index in [0.717, 1.165) is 45.3 Å². The largest absolute Gasteiger partial charge is 0.486 e. The van der Waals surface area contributed by atoms with Crippen molar-refractivity contribution in [3.8, 4) is 17.2 Å². The molecule has 0 unspecified atom stereocenters. The summed E-state index contributed by atoms with van der Waals surface area (Å²) in [5, 5.41) is 27.9. The summed E-state index contributed by atoms with van der Waals surface area (Å²) in [5.41, 5.74) is 10.4. The zero-order valence-corrected chi connectivity index (χ0v) is 30.0. The second-order valence-electron chi connectivity index (χ2n) is 13.5. The number of carboxylic acids is 2. The van der Waals surface area contributed by atoms with Crippen LogP contribution in [0, 0.1) is 17.9 Å². The van der Waals surface area contributed by atoms with Gasteiger partial charge in [0.2, 0.25) is 0 Å². The first kappa shape index (κ1) is 35.7. The molecule has 0 aromatic heterocycles. The molecule has 0 amide bonds. The summed E-state index contributed by atoms with van der Waals surface area (Å²) in [6.07, 6.45) is 2.73. The van der Waals surface area contributed by atoms with Gasteiger partial charge < -0.3 is 20.0 Å². The van der Waals surface area contributed by atoms with E-state index in [1.165, 1.54) is 23.3 Å². The molecule has 0 radical (unpaired) electrons. The van der Waals surface area contributed by atoms with Crippen LogP contribution in [-0.2, 0) is 15.0 Å². The molecule has 6 aromatic carbocycles. The van der Waals surface area contributed by atoms with Gasteiger partial charge in [0.25, 0.3) is 5.70 Å². The number of hydrogen-bond donors (Lipinski definition) is 2. The molecule has 1 aliphatic rings. The van der Waals surface area contributed by atoms with Gasteiger partial charge in [-0.15, -0.1) is 0 Å². The number of aliphatic carboxylic acids is 2. The zero-order valence-electron chi connectivity index (χ0n) is 30.0. The number of nitrogens with zero attached hydrogens (tertiary/aromatic N) is 4. The molecule has 2 N–H and O–H groups in total. The molecule has 1 aliphatic carbocycles. The number of carbonyl (C=O) groups is 2. The highest BCUT2D eigenvalue weighted by Crippen LogP contribution is 2.52. The molecule has 55 heavy (non-hydrogen) atoms. The molecule has 8 nitrogen and oxygen atoms in total. The Labute approximate surface area is 319 Å². The molecule has 0 spiro atoms. The van der Waals surface area contributed by atoms with Crippen LogP contribution in [0.4, 0.5) is 34.1 Å². The van der Waals surface area contributed by atoms with Gasteiger partial charge in [0, 0.05) is 39.5 Å². The van der Waals surface area contributed by atoms with E-state index in [-0.39, 0.29) is 16.7 Å². The van der Waals surface area contributed by atoms with Crippen molar-refractivity contribution < 1.29 is 19.8 Å². The van der Waals surface area contributed by atoms with Gasteiger partial charge in [-0.05, 0) is 118 Å².